The van der Waals surface area contributed by atoms with Crippen molar-refractivity contribution in [2.24, 2.45) is 17.6 Å². The van der Waals surface area contributed by atoms with E-state index in [2.05, 4.69) is 10.3 Å². The summed E-state index contributed by atoms with van der Waals surface area (Å²) in [6, 6.07) is 0.489. The van der Waals surface area contributed by atoms with Crippen molar-refractivity contribution in [3.05, 3.63) is 51.6 Å². The van der Waals surface area contributed by atoms with Gasteiger partial charge in [-0.1, -0.05) is 0 Å². The van der Waals surface area contributed by atoms with Gasteiger partial charge in [0.2, 0.25) is 5.78 Å². The van der Waals surface area contributed by atoms with Gasteiger partial charge in [-0.2, -0.15) is 4.98 Å². The number of amides is 1. The zero-order valence-electron chi connectivity index (χ0n) is 25.4. The standard InChI is InChI=1S/C30H35N5O10/c1-6-44-28(42)16-11-45-29(33-16)32-10-13-9-17(34(2)3)14-7-12-8-15-21(35(4)5)24(38)20(27(31)41)26(40)30(15,43)25(39)18(12)23(37)19(14)22(13)36/h9,11-12,15,21,36-37,40,43H,6-8,10H2,1-5H3,(H2,31,41)(H,32,33)/t12-,15-,21?,30-/m0/s1. The van der Waals surface area contributed by atoms with Crippen molar-refractivity contribution in [3.63, 3.8) is 0 Å². The lowest BCUT2D eigenvalue weighted by atomic mass is 9.57. The largest absolute Gasteiger partial charge is 0.508 e. The highest BCUT2D eigenvalue weighted by Gasteiger charge is 2.64. The van der Waals surface area contributed by atoms with Crippen LogP contribution in [0.2, 0.25) is 0 Å². The van der Waals surface area contributed by atoms with E-state index in [1.54, 1.807) is 46.1 Å². The van der Waals surface area contributed by atoms with E-state index in [1.807, 2.05) is 0 Å². The van der Waals surface area contributed by atoms with Gasteiger partial charge in [-0.25, -0.2) is 4.79 Å². The number of ketones is 2. The Hall–Kier alpha value is -4.89. The Balaban J connectivity index is 1.60. The highest BCUT2D eigenvalue weighted by atomic mass is 16.5. The van der Waals surface area contributed by atoms with E-state index in [9.17, 15) is 39.6 Å². The first-order valence-corrected chi connectivity index (χ1v) is 14.2. The third kappa shape index (κ3) is 4.78. The Kier molecular flexibility index (Phi) is 7.87. The first-order valence-electron chi connectivity index (χ1n) is 14.2. The minimum Gasteiger partial charge on any atom is -0.508 e. The molecular formula is C30H35N5O10. The molecule has 0 aliphatic heterocycles. The Bertz CT molecular complexity index is 1690. The van der Waals surface area contributed by atoms with Crippen molar-refractivity contribution < 1.29 is 48.8 Å². The number of primary amides is 1. The molecule has 0 saturated heterocycles. The molecule has 15 heteroatoms. The number of nitrogens with two attached hydrogens (primary N) is 1. The van der Waals surface area contributed by atoms with Crippen molar-refractivity contribution in [1.82, 2.24) is 9.88 Å². The van der Waals surface area contributed by atoms with Crippen LogP contribution in [0.1, 0.15) is 40.5 Å². The van der Waals surface area contributed by atoms with Crippen LogP contribution in [0, 0.1) is 11.8 Å². The Morgan fingerprint density at radius 1 is 1.20 bits per heavy atom. The summed E-state index contributed by atoms with van der Waals surface area (Å²) >= 11 is 0. The molecule has 1 saturated carbocycles. The summed E-state index contributed by atoms with van der Waals surface area (Å²) in [5, 5.41) is 48.8. The number of esters is 1. The van der Waals surface area contributed by atoms with Gasteiger partial charge in [-0.15, -0.1) is 0 Å². The number of anilines is 2. The number of benzene rings is 1. The Morgan fingerprint density at radius 3 is 2.49 bits per heavy atom. The number of aromatic hydroxyl groups is 1. The number of ether oxygens (including phenoxy) is 1. The lowest BCUT2D eigenvalue weighted by Crippen LogP contribution is -2.65. The molecule has 0 spiro atoms. The summed E-state index contributed by atoms with van der Waals surface area (Å²) in [7, 11) is 6.61. The minimum atomic E-state index is -2.73. The zero-order valence-corrected chi connectivity index (χ0v) is 25.4. The summed E-state index contributed by atoms with van der Waals surface area (Å²) in [5.41, 5.74) is 2.83. The number of hydrogen-bond acceptors (Lipinski definition) is 14. The molecule has 5 rings (SSSR count). The second-order valence-electron chi connectivity index (χ2n) is 11.7. The molecule has 0 radical (unpaired) electrons. The fourth-order valence-electron chi connectivity index (χ4n) is 6.70. The number of oxazole rings is 1. The number of carbonyl (C=O) groups excluding carboxylic acids is 4. The maximum absolute atomic E-state index is 14.1. The molecule has 1 unspecified atom stereocenters. The van der Waals surface area contributed by atoms with E-state index < -0.39 is 64.0 Å². The molecule has 240 valence electrons. The smallest absolute Gasteiger partial charge is 0.360 e. The first kappa shape index (κ1) is 31.5. The topological polar surface area (TPSA) is 229 Å². The molecule has 0 bridgehead atoms. The average Bonchev–Trinajstić information content (AvgIpc) is 3.43. The second-order valence-corrected chi connectivity index (χ2v) is 11.7. The number of phenolic OH excluding ortho intramolecular Hbond substituents is 1. The van der Waals surface area contributed by atoms with Crippen molar-refractivity contribution in [2.45, 2.75) is 38.0 Å². The third-order valence-corrected chi connectivity index (χ3v) is 8.68. The SMILES string of the molecule is CCOC(=O)c1coc(NCc2cc(N(C)C)c3c(c2O)C(O)=C2C(=O)[C@]4(O)C(O)=C(C(N)=O)C(=O)C(N(C)C)[C@@H]4C[C@@H]2C3)n1. The van der Waals surface area contributed by atoms with Gasteiger partial charge >= 0.3 is 5.97 Å². The van der Waals surface area contributed by atoms with Crippen LogP contribution in [0.15, 0.2) is 33.7 Å². The first-order chi connectivity index (χ1) is 21.1. The van der Waals surface area contributed by atoms with Gasteiger partial charge in [0, 0.05) is 43.4 Å². The van der Waals surface area contributed by atoms with E-state index in [4.69, 9.17) is 14.9 Å². The molecule has 4 atom stereocenters. The van der Waals surface area contributed by atoms with Gasteiger partial charge in [-0.05, 0) is 51.4 Å². The number of nitrogens with zero attached hydrogens (tertiary/aromatic N) is 3. The molecule has 1 aromatic carbocycles. The van der Waals surface area contributed by atoms with Crippen molar-refractivity contribution in [3.8, 4) is 5.75 Å². The van der Waals surface area contributed by atoms with E-state index in [-0.39, 0.29) is 60.2 Å². The monoisotopic (exact) mass is 625 g/mol. The predicted octanol–water partition coefficient (Wildman–Crippen LogP) is 0.807. The molecule has 1 fully saturated rings. The van der Waals surface area contributed by atoms with Gasteiger partial charge in [0.05, 0.1) is 18.2 Å². The summed E-state index contributed by atoms with van der Waals surface area (Å²) in [4.78, 5) is 58.8. The van der Waals surface area contributed by atoms with Crippen LogP contribution in [0.5, 0.6) is 5.75 Å². The summed E-state index contributed by atoms with van der Waals surface area (Å²) < 4.78 is 10.2. The van der Waals surface area contributed by atoms with E-state index in [0.717, 1.165) is 6.26 Å². The van der Waals surface area contributed by atoms with Gasteiger partial charge in [0.25, 0.3) is 11.9 Å². The molecular weight excluding hydrogens is 590 g/mol. The number of likely N-dealkylation sites (N-methyl/N-ethyl adjacent to an activating group) is 1. The van der Waals surface area contributed by atoms with Gasteiger partial charge in [0.15, 0.2) is 17.1 Å². The minimum absolute atomic E-state index is 0.0182. The van der Waals surface area contributed by atoms with Gasteiger partial charge < -0.3 is 45.5 Å². The van der Waals surface area contributed by atoms with Gasteiger partial charge in [-0.3, -0.25) is 19.3 Å². The Morgan fingerprint density at radius 2 is 1.89 bits per heavy atom. The number of carbonyl (C=O) groups is 4. The molecule has 15 nitrogen and oxygen atoms in total. The van der Waals surface area contributed by atoms with Crippen LogP contribution in [0.25, 0.3) is 5.76 Å². The highest BCUT2D eigenvalue weighted by Crippen LogP contribution is 2.54. The number of aromatic nitrogens is 1. The highest BCUT2D eigenvalue weighted by molar-refractivity contribution is 6.24. The number of hydrogen-bond donors (Lipinski definition) is 6. The molecule has 1 heterocycles. The maximum Gasteiger partial charge on any atom is 0.360 e. The fraction of sp³-hybridized carbons (Fsp3) is 0.433. The van der Waals surface area contributed by atoms with Gasteiger partial charge in [0.1, 0.15) is 29.1 Å². The Labute approximate surface area is 257 Å². The lowest BCUT2D eigenvalue weighted by Gasteiger charge is -2.50. The van der Waals surface area contributed by atoms with Crippen LogP contribution < -0.4 is 16.0 Å². The number of rotatable bonds is 8. The van der Waals surface area contributed by atoms with Crippen LogP contribution >= 0.6 is 0 Å². The molecule has 3 aliphatic rings. The molecule has 45 heavy (non-hydrogen) atoms. The summed E-state index contributed by atoms with van der Waals surface area (Å²) in [6.07, 6.45) is 1.25. The normalized spacial score (nSPS) is 24.3. The average molecular weight is 626 g/mol. The molecule has 7 N–H and O–H groups in total. The maximum atomic E-state index is 14.1. The van der Waals surface area contributed by atoms with E-state index in [0.29, 0.717) is 11.3 Å². The van der Waals surface area contributed by atoms with Crippen LogP contribution in [-0.2, 0) is 32.1 Å². The second kappa shape index (κ2) is 11.2. The van der Waals surface area contributed by atoms with E-state index >= 15 is 0 Å². The number of Topliss-reactive ketones (excluding diaryl/α,β-unsaturated/α-hetero) is 2. The van der Waals surface area contributed by atoms with Crippen molar-refractivity contribution in [2.75, 3.05) is 45.0 Å². The fourth-order valence-corrected chi connectivity index (χ4v) is 6.70. The molecule has 3 aliphatic carbocycles. The quantitative estimate of drug-likeness (QED) is 0.176. The van der Waals surface area contributed by atoms with Crippen molar-refractivity contribution in [1.29, 1.82) is 0 Å². The van der Waals surface area contributed by atoms with Crippen LogP contribution in [0.3, 0.4) is 0 Å². The number of nitrogens with one attached hydrogen (secondary N) is 1. The number of phenols is 1. The molecule has 1 aromatic heterocycles. The van der Waals surface area contributed by atoms with E-state index in [1.165, 1.54) is 4.90 Å². The zero-order chi connectivity index (χ0) is 33.1. The predicted molar refractivity (Wildman–Crippen MR) is 158 cm³/mol. The summed E-state index contributed by atoms with van der Waals surface area (Å²) in [6.45, 7) is 1.73. The molecule has 1 amide bonds. The number of aliphatic hydroxyl groups is 3. The lowest BCUT2D eigenvalue weighted by molar-refractivity contribution is -0.153. The van der Waals surface area contributed by atoms with Crippen LogP contribution in [0.4, 0.5) is 11.7 Å². The number of fused-ring (bicyclic) bond motifs is 3. The number of aliphatic hydroxyl groups excluding tert-OH is 2. The molecule has 2 aromatic rings. The van der Waals surface area contributed by atoms with Crippen molar-refractivity contribution >= 4 is 40.9 Å². The third-order valence-electron chi connectivity index (χ3n) is 8.68. The summed E-state index contributed by atoms with van der Waals surface area (Å²) in [5.74, 6) is -7.88. The van der Waals surface area contributed by atoms with Crippen LogP contribution in [-0.4, -0.2) is 100 Å².